The van der Waals surface area contributed by atoms with Crippen LogP contribution in [0.2, 0.25) is 0 Å². The fourth-order valence-electron chi connectivity index (χ4n) is 2.03. The molecule has 0 unspecified atom stereocenters. The predicted molar refractivity (Wildman–Crippen MR) is 98.9 cm³/mol. The lowest BCUT2D eigenvalue weighted by Gasteiger charge is -2.04. The molecule has 0 saturated carbocycles. The van der Waals surface area contributed by atoms with Crippen LogP contribution < -0.4 is 0 Å². The molecule has 0 rings (SSSR count). The van der Waals surface area contributed by atoms with E-state index in [0.717, 1.165) is 19.3 Å². The van der Waals surface area contributed by atoms with Crippen LogP contribution in [0.25, 0.3) is 0 Å². The lowest BCUT2D eigenvalue weighted by Crippen LogP contribution is -2.04. The number of carboxylic acid groups (broad SMARTS) is 1. The molecule has 24 heavy (non-hydrogen) atoms. The zero-order chi connectivity index (χ0) is 17.9. The Bertz CT molecular complexity index is 408. The summed E-state index contributed by atoms with van der Waals surface area (Å²) in [6.45, 7) is 2.19. The molecule has 0 aromatic rings. The zero-order valence-corrected chi connectivity index (χ0v) is 14.8. The van der Waals surface area contributed by atoms with Crippen LogP contribution in [-0.4, -0.2) is 22.4 Å². The summed E-state index contributed by atoms with van der Waals surface area (Å²) in [7, 11) is 0. The van der Waals surface area contributed by atoms with Gasteiger partial charge in [0.05, 0.1) is 0 Å². The molecular formula is C20H32O4. The third kappa shape index (κ3) is 16.7. The lowest BCUT2D eigenvalue weighted by atomic mass is 10.1. The Hall–Kier alpha value is -1.65. The number of hydrogen-bond acceptors (Lipinski definition) is 3. The van der Waals surface area contributed by atoms with Crippen molar-refractivity contribution in [2.75, 3.05) is 0 Å². The van der Waals surface area contributed by atoms with Crippen molar-refractivity contribution in [3.63, 3.8) is 0 Å². The van der Waals surface area contributed by atoms with Crippen molar-refractivity contribution in [1.29, 1.82) is 0 Å². The Morgan fingerprint density at radius 2 is 1.75 bits per heavy atom. The molecule has 0 aromatic carbocycles. The van der Waals surface area contributed by atoms with Crippen LogP contribution in [0.1, 0.15) is 64.7 Å². The van der Waals surface area contributed by atoms with Crippen LogP contribution >= 0.6 is 0 Å². The molecule has 0 aliphatic rings. The highest BCUT2D eigenvalue weighted by atomic mass is 17.1. The van der Waals surface area contributed by atoms with E-state index in [4.69, 9.17) is 10.4 Å². The Morgan fingerprint density at radius 1 is 1.00 bits per heavy atom. The van der Waals surface area contributed by atoms with Crippen molar-refractivity contribution in [3.05, 3.63) is 48.6 Å². The third-order valence-electron chi connectivity index (χ3n) is 3.42. The SMILES string of the molecule is CCCCC/C=C/C[C@@H](/C=C/C=C\C/C=C\CCCC(=O)O)OO. The third-order valence-corrected chi connectivity index (χ3v) is 3.42. The van der Waals surface area contributed by atoms with Crippen molar-refractivity contribution in [2.24, 2.45) is 0 Å². The van der Waals surface area contributed by atoms with Crippen LogP contribution in [0.4, 0.5) is 0 Å². The summed E-state index contributed by atoms with van der Waals surface area (Å²) in [5, 5.41) is 17.4. The van der Waals surface area contributed by atoms with E-state index in [1.54, 1.807) is 0 Å². The topological polar surface area (TPSA) is 66.8 Å². The van der Waals surface area contributed by atoms with Gasteiger partial charge in [-0.3, -0.25) is 10.1 Å². The molecule has 4 heteroatoms. The second kappa shape index (κ2) is 17.7. The van der Waals surface area contributed by atoms with Gasteiger partial charge in [-0.2, -0.15) is 0 Å². The Morgan fingerprint density at radius 3 is 2.46 bits per heavy atom. The summed E-state index contributed by atoms with van der Waals surface area (Å²) < 4.78 is 0. The summed E-state index contributed by atoms with van der Waals surface area (Å²) in [6.07, 6.45) is 23.4. The van der Waals surface area contributed by atoms with Crippen LogP contribution in [0, 0.1) is 0 Å². The van der Waals surface area contributed by atoms with Crippen LogP contribution in [0.5, 0.6) is 0 Å². The van der Waals surface area contributed by atoms with E-state index in [9.17, 15) is 4.79 Å². The molecule has 0 spiro atoms. The maximum absolute atomic E-state index is 10.3. The molecule has 0 saturated heterocycles. The minimum atomic E-state index is -0.745. The van der Waals surface area contributed by atoms with Gasteiger partial charge in [-0.15, -0.1) is 0 Å². The van der Waals surface area contributed by atoms with Gasteiger partial charge in [0, 0.05) is 6.42 Å². The monoisotopic (exact) mass is 336 g/mol. The van der Waals surface area contributed by atoms with E-state index in [-0.39, 0.29) is 12.5 Å². The molecule has 0 heterocycles. The zero-order valence-electron chi connectivity index (χ0n) is 14.8. The van der Waals surface area contributed by atoms with Gasteiger partial charge in [0.15, 0.2) is 0 Å². The van der Waals surface area contributed by atoms with Gasteiger partial charge in [0.25, 0.3) is 0 Å². The minimum Gasteiger partial charge on any atom is -0.481 e. The van der Waals surface area contributed by atoms with Gasteiger partial charge >= 0.3 is 5.97 Å². The number of carbonyl (C=O) groups is 1. The summed E-state index contributed by atoms with van der Waals surface area (Å²) in [4.78, 5) is 14.8. The van der Waals surface area contributed by atoms with Gasteiger partial charge in [0.2, 0.25) is 0 Å². The first kappa shape index (κ1) is 22.4. The van der Waals surface area contributed by atoms with Crippen LogP contribution in [0.15, 0.2) is 48.6 Å². The molecule has 0 aromatic heterocycles. The Labute approximate surface area is 146 Å². The van der Waals surface area contributed by atoms with E-state index in [1.807, 2.05) is 42.5 Å². The highest BCUT2D eigenvalue weighted by molar-refractivity contribution is 5.66. The van der Waals surface area contributed by atoms with Gasteiger partial charge in [0.1, 0.15) is 6.10 Å². The minimum absolute atomic E-state index is 0.221. The summed E-state index contributed by atoms with van der Waals surface area (Å²) in [5.74, 6) is -0.745. The van der Waals surface area contributed by atoms with Crippen molar-refractivity contribution >= 4 is 5.97 Å². The Balaban J connectivity index is 3.79. The predicted octanol–water partition coefficient (Wildman–Crippen LogP) is 5.68. The highest BCUT2D eigenvalue weighted by Crippen LogP contribution is 2.04. The van der Waals surface area contributed by atoms with Crippen molar-refractivity contribution in [1.82, 2.24) is 0 Å². The van der Waals surface area contributed by atoms with E-state index >= 15 is 0 Å². The number of allylic oxidation sites excluding steroid dienone is 6. The molecule has 0 aliphatic carbocycles. The summed E-state index contributed by atoms with van der Waals surface area (Å²) in [6, 6.07) is 0. The first-order chi connectivity index (χ1) is 11.7. The first-order valence-corrected chi connectivity index (χ1v) is 8.86. The van der Waals surface area contributed by atoms with Crippen molar-refractivity contribution < 1.29 is 20.0 Å². The van der Waals surface area contributed by atoms with Crippen LogP contribution in [-0.2, 0) is 9.68 Å². The summed E-state index contributed by atoms with van der Waals surface area (Å²) >= 11 is 0. The standard InChI is InChI=1S/C20H32O4/c1-2-3-4-5-10-13-16-19(24-23)17-14-11-8-6-7-9-12-15-18-20(21)22/h7-11,13-14,17,19,23H,2-6,12,15-16,18H2,1H3,(H,21,22)/b9-7-,11-8-,13-10+,17-14+/t19-/m0/s1. The smallest absolute Gasteiger partial charge is 0.303 e. The van der Waals surface area contributed by atoms with E-state index < -0.39 is 5.97 Å². The van der Waals surface area contributed by atoms with Gasteiger partial charge in [-0.25, -0.2) is 4.89 Å². The number of carboxylic acids is 1. The van der Waals surface area contributed by atoms with E-state index in [1.165, 1.54) is 19.3 Å². The molecule has 136 valence electrons. The average Bonchev–Trinajstić information content (AvgIpc) is 2.57. The number of aliphatic carboxylic acids is 1. The first-order valence-electron chi connectivity index (χ1n) is 8.86. The van der Waals surface area contributed by atoms with E-state index in [2.05, 4.69) is 17.9 Å². The lowest BCUT2D eigenvalue weighted by molar-refractivity contribution is -0.264. The molecule has 0 radical (unpaired) electrons. The normalized spacial score (nSPS) is 13.8. The van der Waals surface area contributed by atoms with E-state index in [0.29, 0.717) is 12.8 Å². The van der Waals surface area contributed by atoms with Crippen molar-refractivity contribution in [2.45, 2.75) is 70.8 Å². The molecule has 0 fully saturated rings. The number of unbranched alkanes of at least 4 members (excludes halogenated alkanes) is 4. The average molecular weight is 336 g/mol. The van der Waals surface area contributed by atoms with Crippen molar-refractivity contribution in [3.8, 4) is 0 Å². The second-order valence-corrected chi connectivity index (χ2v) is 5.65. The molecule has 0 aliphatic heterocycles. The number of hydrogen-bond donors (Lipinski definition) is 2. The molecule has 0 bridgehead atoms. The quantitative estimate of drug-likeness (QED) is 0.133. The fraction of sp³-hybridized carbons (Fsp3) is 0.550. The van der Waals surface area contributed by atoms with Crippen LogP contribution in [0.3, 0.4) is 0 Å². The highest BCUT2D eigenvalue weighted by Gasteiger charge is 1.99. The molecular weight excluding hydrogens is 304 g/mol. The van der Waals surface area contributed by atoms with Gasteiger partial charge in [-0.05, 0) is 38.5 Å². The van der Waals surface area contributed by atoms with Gasteiger partial charge < -0.3 is 5.11 Å². The number of rotatable bonds is 15. The maximum atomic E-state index is 10.3. The molecule has 4 nitrogen and oxygen atoms in total. The maximum Gasteiger partial charge on any atom is 0.303 e. The second-order valence-electron chi connectivity index (χ2n) is 5.65. The van der Waals surface area contributed by atoms with Gasteiger partial charge in [-0.1, -0.05) is 68.4 Å². The largest absolute Gasteiger partial charge is 0.481 e. The molecule has 2 N–H and O–H groups in total. The fourth-order valence-corrected chi connectivity index (χ4v) is 2.03. The summed E-state index contributed by atoms with van der Waals surface area (Å²) in [5.41, 5.74) is 0. The Kier molecular flexibility index (Phi) is 16.5. The molecule has 0 amide bonds. The molecule has 1 atom stereocenters.